The van der Waals surface area contributed by atoms with Crippen molar-refractivity contribution in [3.05, 3.63) is 45.0 Å². The van der Waals surface area contributed by atoms with E-state index in [2.05, 4.69) is 10.9 Å². The fraction of sp³-hybridized carbons (Fsp3) is 0.333. The zero-order chi connectivity index (χ0) is 16.6. The lowest BCUT2D eigenvalue weighted by atomic mass is 10.2. The van der Waals surface area contributed by atoms with Crippen LogP contribution in [0.1, 0.15) is 32.0 Å². The van der Waals surface area contributed by atoms with Crippen LogP contribution in [-0.4, -0.2) is 15.3 Å². The highest BCUT2D eigenvalue weighted by Gasteiger charge is 2.31. The number of aromatic nitrogens is 2. The summed E-state index contributed by atoms with van der Waals surface area (Å²) >= 11 is 0. The first-order valence-corrected chi connectivity index (χ1v) is 7.22. The van der Waals surface area contributed by atoms with Gasteiger partial charge in [0.15, 0.2) is 0 Å². The second-order valence-corrected chi connectivity index (χ2v) is 5.47. The first-order valence-electron chi connectivity index (χ1n) is 7.22. The van der Waals surface area contributed by atoms with Gasteiger partial charge < -0.3 is 0 Å². The summed E-state index contributed by atoms with van der Waals surface area (Å²) < 4.78 is 2.75. The molecule has 2 aromatic rings. The van der Waals surface area contributed by atoms with E-state index in [0.29, 0.717) is 17.2 Å². The Morgan fingerprint density at radius 3 is 2.48 bits per heavy atom. The third-order valence-electron chi connectivity index (χ3n) is 3.93. The lowest BCUT2D eigenvalue weighted by Crippen LogP contribution is -2.46. The van der Waals surface area contributed by atoms with E-state index in [1.165, 1.54) is 9.36 Å². The van der Waals surface area contributed by atoms with Gasteiger partial charge in [0.05, 0.1) is 22.9 Å². The molecule has 2 N–H and O–H groups in total. The number of benzene rings is 1. The normalized spacial score (nSPS) is 19.3. The summed E-state index contributed by atoms with van der Waals surface area (Å²) in [6.07, 6.45) is -0.357. The number of nitrogens with zero attached hydrogens (tertiary/aromatic N) is 3. The standard InChI is InChI=1S/C15H15N5O3/c1-9-8-12(17-18-13(21)6-7-16)20-15(23)11-5-3-2-4-10(11)14(22)19(9)20/h2-5,9,12,17H,6,8H2,1H3,(H,18,21). The molecule has 0 saturated heterocycles. The van der Waals surface area contributed by atoms with Crippen LogP contribution in [0.25, 0.3) is 10.8 Å². The maximum atomic E-state index is 12.7. The van der Waals surface area contributed by atoms with Crippen LogP contribution < -0.4 is 22.0 Å². The van der Waals surface area contributed by atoms with Gasteiger partial charge in [-0.3, -0.25) is 19.8 Å². The van der Waals surface area contributed by atoms with Crippen molar-refractivity contribution < 1.29 is 4.79 Å². The van der Waals surface area contributed by atoms with E-state index in [1.54, 1.807) is 30.3 Å². The molecule has 2 atom stereocenters. The van der Waals surface area contributed by atoms with Crippen molar-refractivity contribution in [1.82, 2.24) is 20.2 Å². The second kappa shape index (κ2) is 5.70. The number of hydrazine groups is 1. The lowest BCUT2D eigenvalue weighted by molar-refractivity contribution is -0.121. The van der Waals surface area contributed by atoms with Crippen LogP contribution in [0.15, 0.2) is 33.9 Å². The maximum Gasteiger partial charge on any atom is 0.274 e. The molecule has 23 heavy (non-hydrogen) atoms. The minimum Gasteiger partial charge on any atom is -0.289 e. The van der Waals surface area contributed by atoms with Gasteiger partial charge in [0.25, 0.3) is 11.1 Å². The topological polar surface area (TPSA) is 109 Å². The van der Waals surface area contributed by atoms with E-state index in [4.69, 9.17) is 5.26 Å². The average molecular weight is 313 g/mol. The number of rotatable bonds is 3. The molecule has 1 aromatic carbocycles. The molecule has 0 saturated carbocycles. The molecule has 0 bridgehead atoms. The molecule has 3 rings (SSSR count). The van der Waals surface area contributed by atoms with Crippen molar-refractivity contribution in [2.45, 2.75) is 32.0 Å². The van der Waals surface area contributed by atoms with Crippen LogP contribution in [0.4, 0.5) is 0 Å². The molecule has 0 fully saturated rings. The van der Waals surface area contributed by atoms with E-state index in [0.717, 1.165) is 0 Å². The van der Waals surface area contributed by atoms with Crippen LogP contribution in [0.3, 0.4) is 0 Å². The van der Waals surface area contributed by atoms with Gasteiger partial charge in [0.1, 0.15) is 12.6 Å². The van der Waals surface area contributed by atoms with E-state index in [-0.39, 0.29) is 23.6 Å². The summed E-state index contributed by atoms with van der Waals surface area (Å²) in [6, 6.07) is 8.22. The average Bonchev–Trinajstić information content (AvgIpc) is 2.88. The smallest absolute Gasteiger partial charge is 0.274 e. The van der Waals surface area contributed by atoms with E-state index in [1.807, 2.05) is 6.92 Å². The Labute approximate surface area is 130 Å². The van der Waals surface area contributed by atoms with E-state index in [9.17, 15) is 14.4 Å². The molecule has 118 valence electrons. The summed E-state index contributed by atoms with van der Waals surface area (Å²) in [5, 5.41) is 9.22. The minimum absolute atomic E-state index is 0.190. The zero-order valence-electron chi connectivity index (χ0n) is 12.4. The first-order chi connectivity index (χ1) is 11.0. The maximum absolute atomic E-state index is 12.7. The highest BCUT2D eigenvalue weighted by Crippen LogP contribution is 2.25. The molecule has 2 unspecified atom stereocenters. The summed E-state index contributed by atoms with van der Waals surface area (Å²) in [5.74, 6) is -0.491. The molecule has 2 heterocycles. The van der Waals surface area contributed by atoms with Gasteiger partial charge >= 0.3 is 0 Å². The molecule has 0 radical (unpaired) electrons. The Bertz CT molecular complexity index is 937. The number of fused-ring (bicyclic) bond motifs is 2. The molecule has 1 aliphatic rings. The summed E-state index contributed by atoms with van der Waals surface area (Å²) in [4.78, 5) is 36.7. The summed E-state index contributed by atoms with van der Waals surface area (Å²) in [7, 11) is 0. The number of hydrogen-bond acceptors (Lipinski definition) is 5. The predicted octanol–water partition coefficient (Wildman–Crippen LogP) is 0.161. The molecule has 1 aromatic heterocycles. The van der Waals surface area contributed by atoms with Crippen LogP contribution in [0, 0.1) is 11.3 Å². The fourth-order valence-electron chi connectivity index (χ4n) is 2.93. The van der Waals surface area contributed by atoms with Gasteiger partial charge in [-0.15, -0.1) is 0 Å². The first kappa shape index (κ1) is 15.0. The van der Waals surface area contributed by atoms with Gasteiger partial charge in [-0.05, 0) is 19.1 Å². The summed E-state index contributed by atoms with van der Waals surface area (Å²) in [6.45, 7) is 1.84. The predicted molar refractivity (Wildman–Crippen MR) is 82.3 cm³/mol. The minimum atomic E-state index is -0.544. The Morgan fingerprint density at radius 1 is 1.26 bits per heavy atom. The molecule has 1 amide bonds. The van der Waals surface area contributed by atoms with Crippen LogP contribution in [0.5, 0.6) is 0 Å². The van der Waals surface area contributed by atoms with Crippen LogP contribution >= 0.6 is 0 Å². The fourth-order valence-corrected chi connectivity index (χ4v) is 2.93. The van der Waals surface area contributed by atoms with Gasteiger partial charge in [0, 0.05) is 6.42 Å². The number of hydrogen-bond donors (Lipinski definition) is 2. The molecule has 0 spiro atoms. The second-order valence-electron chi connectivity index (χ2n) is 5.47. The number of carbonyl (C=O) groups is 1. The molecular formula is C15H15N5O3. The van der Waals surface area contributed by atoms with E-state index >= 15 is 0 Å². The molecule has 8 heteroatoms. The van der Waals surface area contributed by atoms with Gasteiger partial charge in [-0.25, -0.2) is 14.8 Å². The van der Waals surface area contributed by atoms with Crippen molar-refractivity contribution in [2.75, 3.05) is 0 Å². The van der Waals surface area contributed by atoms with Crippen molar-refractivity contribution in [1.29, 1.82) is 5.26 Å². The van der Waals surface area contributed by atoms with Gasteiger partial charge in [0.2, 0.25) is 5.91 Å². The number of carbonyl (C=O) groups excluding carboxylic acids is 1. The quantitative estimate of drug-likeness (QED) is 0.785. The summed E-state index contributed by atoms with van der Waals surface area (Å²) in [5.41, 5.74) is 4.60. The van der Waals surface area contributed by atoms with Crippen molar-refractivity contribution in [3.63, 3.8) is 0 Å². The third kappa shape index (κ3) is 2.41. The SMILES string of the molecule is CC1CC(NNC(=O)CC#N)n2c(=O)c3ccccc3c(=O)n21. The van der Waals surface area contributed by atoms with Crippen LogP contribution in [-0.2, 0) is 4.79 Å². The molecule has 0 aliphatic carbocycles. The van der Waals surface area contributed by atoms with Gasteiger partial charge in [-0.2, -0.15) is 5.26 Å². The monoisotopic (exact) mass is 313 g/mol. The Hall–Kier alpha value is -2.92. The van der Waals surface area contributed by atoms with E-state index < -0.39 is 12.1 Å². The van der Waals surface area contributed by atoms with Crippen molar-refractivity contribution in [3.8, 4) is 6.07 Å². The Balaban J connectivity index is 2.06. The zero-order valence-corrected chi connectivity index (χ0v) is 12.4. The van der Waals surface area contributed by atoms with Crippen molar-refractivity contribution in [2.24, 2.45) is 0 Å². The number of nitriles is 1. The van der Waals surface area contributed by atoms with Crippen LogP contribution in [0.2, 0.25) is 0 Å². The number of nitrogens with one attached hydrogen (secondary N) is 2. The third-order valence-corrected chi connectivity index (χ3v) is 3.93. The Kier molecular flexibility index (Phi) is 3.72. The molecule has 8 nitrogen and oxygen atoms in total. The number of amides is 1. The van der Waals surface area contributed by atoms with Crippen molar-refractivity contribution >= 4 is 16.7 Å². The largest absolute Gasteiger partial charge is 0.289 e. The highest BCUT2D eigenvalue weighted by molar-refractivity contribution is 5.80. The highest BCUT2D eigenvalue weighted by atomic mass is 16.2. The Morgan fingerprint density at radius 2 is 1.87 bits per heavy atom. The van der Waals surface area contributed by atoms with Gasteiger partial charge in [-0.1, -0.05) is 12.1 Å². The molecular weight excluding hydrogens is 298 g/mol. The molecule has 1 aliphatic heterocycles. The lowest BCUT2D eigenvalue weighted by Gasteiger charge is -2.17.